The Bertz CT molecular complexity index is 637. The first-order chi connectivity index (χ1) is 15.0. The molecule has 0 bridgehead atoms. The molecule has 0 heterocycles. The minimum Gasteiger partial charge on any atom is -0.316 e. The molecule has 1 nitrogen and oxygen atoms in total. The third-order valence-corrected chi connectivity index (χ3v) is 7.71. The minimum atomic E-state index is -3.04. The summed E-state index contributed by atoms with van der Waals surface area (Å²) in [6.45, 7) is 6.08. The van der Waals surface area contributed by atoms with Crippen LogP contribution in [0.15, 0.2) is 36.9 Å². The van der Waals surface area contributed by atoms with Crippen LogP contribution >= 0.6 is 0 Å². The van der Waals surface area contributed by atoms with E-state index in [1.54, 1.807) is 0 Å². The average Bonchev–Trinajstić information content (AvgIpc) is 2.79. The van der Waals surface area contributed by atoms with Gasteiger partial charge in [0.05, 0.1) is 6.61 Å². The second-order valence-electron chi connectivity index (χ2n) is 10.1. The maximum Gasteiger partial charge on any atom is 0.356 e. The van der Waals surface area contributed by atoms with Crippen LogP contribution in [-0.2, 0) is 11.3 Å². The van der Waals surface area contributed by atoms with Gasteiger partial charge in [0, 0.05) is 6.42 Å². The van der Waals surface area contributed by atoms with Crippen molar-refractivity contribution in [2.24, 2.45) is 17.8 Å². The molecule has 0 saturated heterocycles. The third kappa shape index (κ3) is 8.00. The van der Waals surface area contributed by atoms with E-state index in [4.69, 9.17) is 4.74 Å². The van der Waals surface area contributed by atoms with Crippen molar-refractivity contribution < 1.29 is 13.5 Å². The second-order valence-corrected chi connectivity index (χ2v) is 10.1. The normalized spacial score (nSPS) is 27.2. The molecule has 31 heavy (non-hydrogen) atoms. The van der Waals surface area contributed by atoms with Crippen molar-refractivity contribution >= 4 is 0 Å². The van der Waals surface area contributed by atoms with Crippen molar-refractivity contribution in [3.63, 3.8) is 0 Å². The lowest BCUT2D eigenvalue weighted by Gasteiger charge is -2.29. The van der Waals surface area contributed by atoms with Crippen LogP contribution in [0.3, 0.4) is 0 Å². The topological polar surface area (TPSA) is 9.23 Å². The Morgan fingerprint density at radius 1 is 0.935 bits per heavy atom. The Morgan fingerprint density at radius 2 is 1.58 bits per heavy atom. The first kappa shape index (κ1) is 24.4. The van der Waals surface area contributed by atoms with E-state index in [1.807, 2.05) is 18.2 Å². The number of hydrogen-bond donors (Lipinski definition) is 0. The van der Waals surface area contributed by atoms with E-state index in [9.17, 15) is 8.78 Å². The first-order valence-corrected chi connectivity index (χ1v) is 12.7. The number of rotatable bonds is 11. The predicted octanol–water partition coefficient (Wildman–Crippen LogP) is 9.03. The summed E-state index contributed by atoms with van der Waals surface area (Å²) in [4.78, 5) is 0. The lowest BCUT2D eigenvalue weighted by molar-refractivity contribution is -0.256. The van der Waals surface area contributed by atoms with Crippen LogP contribution in [0.4, 0.5) is 8.78 Å². The molecule has 0 amide bonds. The highest BCUT2D eigenvalue weighted by atomic mass is 19.3. The lowest BCUT2D eigenvalue weighted by Crippen LogP contribution is -2.26. The molecule has 2 saturated carbocycles. The highest BCUT2D eigenvalue weighted by molar-refractivity contribution is 5.25. The average molecular weight is 433 g/mol. The maximum absolute atomic E-state index is 14.3. The van der Waals surface area contributed by atoms with Gasteiger partial charge in [0.2, 0.25) is 0 Å². The molecular formula is C28H42F2O. The van der Waals surface area contributed by atoms with Crippen LogP contribution in [0.1, 0.15) is 107 Å². The monoisotopic (exact) mass is 432 g/mol. The Labute approximate surface area is 188 Å². The molecule has 2 aliphatic carbocycles. The number of unbranched alkanes of at least 4 members (excludes halogenated alkanes) is 2. The molecule has 2 fully saturated rings. The van der Waals surface area contributed by atoms with E-state index in [0.29, 0.717) is 11.8 Å². The highest BCUT2D eigenvalue weighted by Crippen LogP contribution is 2.39. The summed E-state index contributed by atoms with van der Waals surface area (Å²) in [6.07, 6.45) is 13.0. The standard InChI is InChI=1S/C28H42F2O/c1-3-5-6-7-23-12-16-26(17-13-23)27-18-14-25(15-19-27)21-31-28(29,30)20-24-10-8-22(4-2)9-11-24/h4,14-15,18-19,22-24,26H,2-3,5-13,16-17,20-21H2,1H3. The van der Waals surface area contributed by atoms with E-state index < -0.39 is 6.11 Å². The smallest absolute Gasteiger partial charge is 0.316 e. The van der Waals surface area contributed by atoms with Crippen molar-refractivity contribution in [2.75, 3.05) is 0 Å². The Balaban J connectivity index is 1.39. The summed E-state index contributed by atoms with van der Waals surface area (Å²) in [7, 11) is 0. The van der Waals surface area contributed by atoms with Crippen LogP contribution in [0, 0.1) is 17.8 Å². The molecule has 0 unspecified atom stereocenters. The number of alkyl halides is 2. The van der Waals surface area contributed by atoms with Gasteiger partial charge in [-0.25, -0.2) is 0 Å². The molecule has 3 rings (SSSR count). The molecule has 0 spiro atoms. The van der Waals surface area contributed by atoms with Gasteiger partial charge in [-0.2, -0.15) is 8.78 Å². The quantitative estimate of drug-likeness (QED) is 0.250. The summed E-state index contributed by atoms with van der Waals surface area (Å²) in [5, 5.41) is 0. The summed E-state index contributed by atoms with van der Waals surface area (Å²) < 4.78 is 33.8. The second kappa shape index (κ2) is 12.1. The molecule has 0 aliphatic heterocycles. The van der Waals surface area contributed by atoms with Crippen molar-refractivity contribution in [2.45, 2.75) is 109 Å². The van der Waals surface area contributed by atoms with Crippen molar-refractivity contribution in [1.29, 1.82) is 0 Å². The molecule has 174 valence electrons. The zero-order chi connectivity index (χ0) is 22.1. The Hall–Kier alpha value is -1.22. The van der Waals surface area contributed by atoms with E-state index in [2.05, 4.69) is 25.6 Å². The predicted molar refractivity (Wildman–Crippen MR) is 125 cm³/mol. The zero-order valence-electron chi connectivity index (χ0n) is 19.5. The molecule has 1 aromatic rings. The fraction of sp³-hybridized carbons (Fsp3) is 0.714. The number of ether oxygens (including phenoxy) is 1. The highest BCUT2D eigenvalue weighted by Gasteiger charge is 2.35. The van der Waals surface area contributed by atoms with Crippen LogP contribution in [0.2, 0.25) is 0 Å². The van der Waals surface area contributed by atoms with Gasteiger partial charge in [-0.05, 0) is 86.2 Å². The summed E-state index contributed by atoms with van der Waals surface area (Å²) in [5.41, 5.74) is 2.20. The van der Waals surface area contributed by atoms with Crippen molar-refractivity contribution in [3.05, 3.63) is 48.0 Å². The molecule has 0 aromatic heterocycles. The largest absolute Gasteiger partial charge is 0.356 e. The van der Waals surface area contributed by atoms with Crippen molar-refractivity contribution in [1.82, 2.24) is 0 Å². The van der Waals surface area contributed by atoms with Crippen molar-refractivity contribution in [3.8, 4) is 0 Å². The van der Waals surface area contributed by atoms with Crippen LogP contribution in [0.5, 0.6) is 0 Å². The lowest BCUT2D eigenvalue weighted by atomic mass is 9.77. The van der Waals surface area contributed by atoms with Gasteiger partial charge < -0.3 is 4.74 Å². The van der Waals surface area contributed by atoms with Gasteiger partial charge in [-0.1, -0.05) is 62.9 Å². The number of hydrogen-bond acceptors (Lipinski definition) is 1. The molecular weight excluding hydrogens is 390 g/mol. The number of benzene rings is 1. The maximum atomic E-state index is 14.3. The molecule has 3 heteroatoms. The van der Waals surface area contributed by atoms with Gasteiger partial charge >= 0.3 is 6.11 Å². The Morgan fingerprint density at radius 3 is 2.19 bits per heavy atom. The zero-order valence-corrected chi connectivity index (χ0v) is 19.5. The van der Waals surface area contributed by atoms with E-state index in [1.165, 1.54) is 56.9 Å². The van der Waals surface area contributed by atoms with Crippen LogP contribution in [-0.4, -0.2) is 6.11 Å². The molecule has 1 aromatic carbocycles. The minimum absolute atomic E-state index is 0.0144. The molecule has 0 N–H and O–H groups in total. The van der Waals surface area contributed by atoms with Crippen LogP contribution in [0.25, 0.3) is 0 Å². The van der Waals surface area contributed by atoms with Gasteiger partial charge in [0.1, 0.15) is 0 Å². The summed E-state index contributed by atoms with van der Waals surface area (Å²) >= 11 is 0. The van der Waals surface area contributed by atoms with E-state index in [0.717, 1.165) is 37.2 Å². The van der Waals surface area contributed by atoms with Gasteiger partial charge in [0.25, 0.3) is 0 Å². The van der Waals surface area contributed by atoms with E-state index in [-0.39, 0.29) is 18.9 Å². The fourth-order valence-electron chi connectivity index (χ4n) is 5.57. The van der Waals surface area contributed by atoms with Gasteiger partial charge in [-0.3, -0.25) is 0 Å². The number of allylic oxidation sites excluding steroid dienone is 1. The molecule has 2 aliphatic rings. The molecule has 0 atom stereocenters. The number of halogens is 2. The first-order valence-electron chi connectivity index (χ1n) is 12.7. The summed E-state index contributed by atoms with van der Waals surface area (Å²) in [5.74, 6) is 2.10. The van der Waals surface area contributed by atoms with Gasteiger partial charge in [0.15, 0.2) is 0 Å². The van der Waals surface area contributed by atoms with Gasteiger partial charge in [-0.15, -0.1) is 6.58 Å². The molecule has 0 radical (unpaired) electrons. The van der Waals surface area contributed by atoms with Crippen LogP contribution < -0.4 is 0 Å². The SMILES string of the molecule is C=CC1CCC(CC(F)(F)OCc2ccc(C3CCC(CCCCC)CC3)cc2)CC1. The Kier molecular flexibility index (Phi) is 9.56. The summed E-state index contributed by atoms with van der Waals surface area (Å²) in [6, 6.07) is 8.23. The van der Waals surface area contributed by atoms with E-state index >= 15 is 0 Å². The fourth-order valence-corrected chi connectivity index (χ4v) is 5.57. The third-order valence-electron chi connectivity index (χ3n) is 7.71.